The van der Waals surface area contributed by atoms with Gasteiger partial charge in [-0.3, -0.25) is 9.59 Å². The fourth-order valence-corrected chi connectivity index (χ4v) is 1.75. The zero-order valence-corrected chi connectivity index (χ0v) is 11.4. The topological polar surface area (TPSA) is 93.1 Å². The Morgan fingerprint density at radius 1 is 1.22 bits per heavy atom. The molecule has 106 valence electrons. The Hall–Kier alpha value is -0.850. The molecule has 0 amide bonds. The number of carboxylic acid groups (broad SMARTS) is 2. The minimum atomic E-state index is -1.24. The van der Waals surface area contributed by atoms with Gasteiger partial charge >= 0.3 is 11.9 Å². The first-order valence-electron chi connectivity index (χ1n) is 5.69. The van der Waals surface area contributed by atoms with Crippen molar-refractivity contribution < 1.29 is 29.6 Å². The first-order chi connectivity index (χ1) is 8.31. The van der Waals surface area contributed by atoms with Crippen LogP contribution >= 0.6 is 11.6 Å². The van der Waals surface area contributed by atoms with Crippen LogP contribution in [0.15, 0.2) is 0 Å². The van der Waals surface area contributed by atoms with Crippen molar-refractivity contribution in [2.45, 2.75) is 38.7 Å². The number of hydrogen-bond acceptors (Lipinski definition) is 4. The molecule has 0 rings (SSSR count). The van der Waals surface area contributed by atoms with Crippen LogP contribution in [0.5, 0.6) is 0 Å². The predicted octanol–water partition coefficient (Wildman–Crippen LogP) is 1.76. The van der Waals surface area contributed by atoms with Crippen LogP contribution in [-0.2, 0) is 19.4 Å². The maximum Gasteiger partial charge on any atom is 0.310 e. The molecule has 0 saturated carbocycles. The number of carboxylic acids is 2. The third kappa shape index (κ3) is 5.66. The molecule has 2 N–H and O–H groups in total. The summed E-state index contributed by atoms with van der Waals surface area (Å²) in [6.07, 6.45) is -0.711. The first kappa shape index (κ1) is 17.2. The second-order valence-electron chi connectivity index (χ2n) is 4.05. The zero-order valence-electron chi connectivity index (χ0n) is 10.6. The van der Waals surface area contributed by atoms with Gasteiger partial charge in [-0.1, -0.05) is 6.92 Å². The van der Waals surface area contributed by atoms with Crippen LogP contribution in [0.2, 0.25) is 0 Å². The van der Waals surface area contributed by atoms with Gasteiger partial charge in [0.2, 0.25) is 0 Å². The van der Waals surface area contributed by atoms with E-state index < -0.39 is 29.9 Å². The lowest BCUT2D eigenvalue weighted by atomic mass is 9.87. The van der Waals surface area contributed by atoms with Gasteiger partial charge in [0.15, 0.2) is 0 Å². The molecule has 0 aromatic carbocycles. The third-order valence-electron chi connectivity index (χ3n) is 2.48. The van der Waals surface area contributed by atoms with E-state index in [1.165, 1.54) is 6.92 Å². The minimum Gasteiger partial charge on any atom is -0.481 e. The van der Waals surface area contributed by atoms with E-state index in [-0.39, 0.29) is 18.4 Å². The van der Waals surface area contributed by atoms with Gasteiger partial charge in [-0.05, 0) is 20.3 Å². The Bertz CT molecular complexity index is 281. The van der Waals surface area contributed by atoms with E-state index in [2.05, 4.69) is 0 Å². The zero-order chi connectivity index (χ0) is 14.3. The highest BCUT2D eigenvalue weighted by atomic mass is 35.5. The average molecular weight is 283 g/mol. The summed E-state index contributed by atoms with van der Waals surface area (Å²) >= 11 is 5.81. The molecule has 4 unspecified atom stereocenters. The Kier molecular flexibility index (Phi) is 7.90. The van der Waals surface area contributed by atoms with Gasteiger partial charge in [0.05, 0.1) is 18.4 Å². The van der Waals surface area contributed by atoms with E-state index in [9.17, 15) is 9.59 Å². The number of rotatable bonds is 9. The van der Waals surface area contributed by atoms with E-state index in [0.717, 1.165) is 0 Å². The lowest BCUT2D eigenvalue weighted by Gasteiger charge is -2.26. The highest BCUT2D eigenvalue weighted by Crippen LogP contribution is 2.24. The van der Waals surface area contributed by atoms with Crippen LogP contribution in [0.3, 0.4) is 0 Å². The summed E-state index contributed by atoms with van der Waals surface area (Å²) in [6, 6.07) is 0. The summed E-state index contributed by atoms with van der Waals surface area (Å²) in [5.74, 6) is -4.75. The average Bonchev–Trinajstić information content (AvgIpc) is 2.24. The number of halogens is 1. The summed E-state index contributed by atoms with van der Waals surface area (Å²) in [7, 11) is 0. The van der Waals surface area contributed by atoms with Crippen molar-refractivity contribution in [1.82, 2.24) is 0 Å². The lowest BCUT2D eigenvalue weighted by molar-refractivity contribution is -0.332. The van der Waals surface area contributed by atoms with Gasteiger partial charge < -0.3 is 10.2 Å². The van der Waals surface area contributed by atoms with Gasteiger partial charge in [-0.25, -0.2) is 9.78 Å². The summed E-state index contributed by atoms with van der Waals surface area (Å²) in [6.45, 7) is 4.91. The van der Waals surface area contributed by atoms with Gasteiger partial charge in [0.25, 0.3) is 0 Å². The molecule has 0 bridgehead atoms. The Labute approximate surface area is 111 Å². The highest BCUT2D eigenvalue weighted by molar-refractivity contribution is 6.20. The van der Waals surface area contributed by atoms with Crippen molar-refractivity contribution in [3.63, 3.8) is 0 Å². The van der Waals surface area contributed by atoms with Crippen LogP contribution in [0.25, 0.3) is 0 Å². The van der Waals surface area contributed by atoms with Crippen LogP contribution < -0.4 is 0 Å². The van der Waals surface area contributed by atoms with Gasteiger partial charge in [-0.2, -0.15) is 0 Å². The maximum atomic E-state index is 11.2. The van der Waals surface area contributed by atoms with Crippen molar-refractivity contribution in [3.05, 3.63) is 0 Å². The van der Waals surface area contributed by atoms with Crippen LogP contribution in [-0.4, -0.2) is 40.2 Å². The summed E-state index contributed by atoms with van der Waals surface area (Å²) in [5.41, 5.74) is 0. The van der Waals surface area contributed by atoms with Crippen LogP contribution in [0.4, 0.5) is 0 Å². The number of carbonyl (C=O) groups is 2. The lowest BCUT2D eigenvalue weighted by Crippen LogP contribution is -2.39. The number of hydrogen-bond donors (Lipinski definition) is 2. The standard InChI is InChI=1S/C11H19ClO6/c1-4-17-18-8(5-6(2)12)9(11(15)16)7(3)10(13)14/h6-9H,4-5H2,1-3H3,(H,13,14)(H,15,16). The monoisotopic (exact) mass is 282 g/mol. The molecule has 0 aliphatic heterocycles. The molecule has 0 aliphatic carbocycles. The van der Waals surface area contributed by atoms with E-state index >= 15 is 0 Å². The Morgan fingerprint density at radius 3 is 2.11 bits per heavy atom. The van der Waals surface area contributed by atoms with Gasteiger partial charge in [0, 0.05) is 5.38 Å². The SMILES string of the molecule is CCOOC(CC(C)Cl)C(C(=O)O)C(C)C(=O)O. The van der Waals surface area contributed by atoms with E-state index in [4.69, 9.17) is 31.6 Å². The third-order valence-corrected chi connectivity index (χ3v) is 2.66. The molecule has 0 aromatic heterocycles. The largest absolute Gasteiger partial charge is 0.481 e. The molecule has 7 heteroatoms. The number of aliphatic carboxylic acids is 2. The molecule has 0 aromatic rings. The second-order valence-corrected chi connectivity index (χ2v) is 4.79. The van der Waals surface area contributed by atoms with Gasteiger partial charge in [0.1, 0.15) is 6.10 Å². The smallest absolute Gasteiger partial charge is 0.310 e. The van der Waals surface area contributed by atoms with Crippen molar-refractivity contribution in [1.29, 1.82) is 0 Å². The van der Waals surface area contributed by atoms with Crippen molar-refractivity contribution in [3.8, 4) is 0 Å². The summed E-state index contributed by atoms with van der Waals surface area (Å²) in [4.78, 5) is 31.8. The molecule has 0 spiro atoms. The Morgan fingerprint density at radius 2 is 1.78 bits per heavy atom. The second kappa shape index (κ2) is 8.29. The van der Waals surface area contributed by atoms with Crippen molar-refractivity contribution in [2.75, 3.05) is 6.61 Å². The molecule has 4 atom stereocenters. The Balaban J connectivity index is 4.95. The molecule has 0 radical (unpaired) electrons. The first-order valence-corrected chi connectivity index (χ1v) is 6.12. The van der Waals surface area contributed by atoms with Gasteiger partial charge in [-0.15, -0.1) is 11.6 Å². The quantitative estimate of drug-likeness (QED) is 0.380. The summed E-state index contributed by atoms with van der Waals surface area (Å²) < 4.78 is 0. The number of alkyl halides is 1. The van der Waals surface area contributed by atoms with Crippen molar-refractivity contribution >= 4 is 23.5 Å². The highest BCUT2D eigenvalue weighted by Gasteiger charge is 2.39. The maximum absolute atomic E-state index is 11.2. The van der Waals surface area contributed by atoms with E-state index in [0.29, 0.717) is 0 Å². The van der Waals surface area contributed by atoms with E-state index in [1.807, 2.05) is 0 Å². The molecule has 18 heavy (non-hydrogen) atoms. The van der Waals surface area contributed by atoms with Crippen molar-refractivity contribution in [2.24, 2.45) is 11.8 Å². The summed E-state index contributed by atoms with van der Waals surface area (Å²) in [5, 5.41) is 17.7. The fourth-order valence-electron chi connectivity index (χ4n) is 1.57. The molecule has 0 saturated heterocycles. The fraction of sp³-hybridized carbons (Fsp3) is 0.818. The van der Waals surface area contributed by atoms with Crippen LogP contribution in [0, 0.1) is 11.8 Å². The van der Waals surface area contributed by atoms with Crippen LogP contribution in [0.1, 0.15) is 27.2 Å². The normalized spacial score (nSPS) is 17.8. The molecule has 0 heterocycles. The molecular formula is C11H19ClO6. The van der Waals surface area contributed by atoms with E-state index in [1.54, 1.807) is 13.8 Å². The molecular weight excluding hydrogens is 264 g/mol. The molecule has 6 nitrogen and oxygen atoms in total. The minimum absolute atomic E-state index is 0.191. The molecule has 0 fully saturated rings. The molecule has 0 aliphatic rings. The predicted molar refractivity (Wildman–Crippen MR) is 64.4 cm³/mol.